The van der Waals surface area contributed by atoms with E-state index in [4.69, 9.17) is 0 Å². The lowest BCUT2D eigenvalue weighted by Gasteiger charge is -2.08. The molecule has 6 nitrogen and oxygen atoms in total. The number of imidazole rings is 1. The number of rotatable bonds is 7. The molecule has 0 unspecified atom stereocenters. The van der Waals surface area contributed by atoms with Gasteiger partial charge in [-0.25, -0.2) is 9.37 Å². The van der Waals surface area contributed by atoms with Crippen LogP contribution in [0.25, 0.3) is 17.3 Å². The second kappa shape index (κ2) is 9.43. The molecular formula is C25H24FN5O. The van der Waals surface area contributed by atoms with Crippen molar-refractivity contribution in [1.82, 2.24) is 19.3 Å². The molecule has 2 heterocycles. The standard InChI is InChI=1S/C25H24FN5O/c1-3-23-27-14-15-31(23)17-18-4-11-22(12-5-18)29-24(32)13-8-20-16-28-30(2)25(20)19-6-9-21(26)10-7-19/h4-16H,3,17H2,1-2H3,(H,29,32)/b13-8+. The van der Waals surface area contributed by atoms with Gasteiger partial charge in [-0.15, -0.1) is 0 Å². The smallest absolute Gasteiger partial charge is 0.248 e. The Balaban J connectivity index is 1.41. The first-order valence-corrected chi connectivity index (χ1v) is 10.4. The third-order valence-corrected chi connectivity index (χ3v) is 5.19. The van der Waals surface area contributed by atoms with Crippen LogP contribution < -0.4 is 5.32 Å². The molecule has 1 amide bonds. The number of nitrogens with one attached hydrogen (secondary N) is 1. The number of carbonyl (C=O) groups excluding carboxylic acids is 1. The molecule has 0 spiro atoms. The monoisotopic (exact) mass is 429 g/mol. The average Bonchev–Trinajstić information content (AvgIpc) is 3.40. The topological polar surface area (TPSA) is 64.7 Å². The molecule has 0 saturated heterocycles. The molecule has 4 rings (SSSR count). The zero-order valence-electron chi connectivity index (χ0n) is 18.0. The van der Waals surface area contributed by atoms with Crippen molar-refractivity contribution in [3.63, 3.8) is 0 Å². The van der Waals surface area contributed by atoms with Gasteiger partial charge in [0.15, 0.2) is 0 Å². The van der Waals surface area contributed by atoms with E-state index in [1.54, 1.807) is 29.1 Å². The van der Waals surface area contributed by atoms with Crippen LogP contribution in [0.1, 0.15) is 23.9 Å². The number of carbonyl (C=O) groups is 1. The van der Waals surface area contributed by atoms with Gasteiger partial charge >= 0.3 is 0 Å². The second-order valence-corrected chi connectivity index (χ2v) is 7.42. The van der Waals surface area contributed by atoms with Gasteiger partial charge in [-0.1, -0.05) is 19.1 Å². The Labute approximate surface area is 186 Å². The van der Waals surface area contributed by atoms with Crippen LogP contribution in [-0.2, 0) is 24.8 Å². The lowest BCUT2D eigenvalue weighted by atomic mass is 10.1. The van der Waals surface area contributed by atoms with Gasteiger partial charge in [-0.3, -0.25) is 9.48 Å². The van der Waals surface area contributed by atoms with Crippen LogP contribution in [0.2, 0.25) is 0 Å². The van der Waals surface area contributed by atoms with Crippen molar-refractivity contribution in [2.24, 2.45) is 7.05 Å². The van der Waals surface area contributed by atoms with E-state index in [0.29, 0.717) is 0 Å². The highest BCUT2D eigenvalue weighted by Gasteiger charge is 2.10. The highest BCUT2D eigenvalue weighted by Crippen LogP contribution is 2.24. The maximum atomic E-state index is 13.3. The number of anilines is 1. The van der Waals surface area contributed by atoms with Crippen molar-refractivity contribution >= 4 is 17.7 Å². The fraction of sp³-hybridized carbons (Fsp3) is 0.160. The first-order valence-electron chi connectivity index (χ1n) is 10.4. The van der Waals surface area contributed by atoms with E-state index in [1.165, 1.54) is 18.2 Å². The summed E-state index contributed by atoms with van der Waals surface area (Å²) in [6, 6.07) is 14.0. The van der Waals surface area contributed by atoms with E-state index < -0.39 is 0 Å². The Morgan fingerprint density at radius 2 is 1.88 bits per heavy atom. The fourth-order valence-electron chi connectivity index (χ4n) is 3.58. The molecule has 4 aromatic rings. The summed E-state index contributed by atoms with van der Waals surface area (Å²) in [5.74, 6) is 0.506. The largest absolute Gasteiger partial charge is 0.331 e. The number of amides is 1. The summed E-state index contributed by atoms with van der Waals surface area (Å²) in [6.45, 7) is 2.82. The van der Waals surface area contributed by atoms with E-state index >= 15 is 0 Å². The Bertz CT molecular complexity index is 1240. The zero-order valence-corrected chi connectivity index (χ0v) is 18.0. The molecule has 7 heteroatoms. The summed E-state index contributed by atoms with van der Waals surface area (Å²) >= 11 is 0. The van der Waals surface area contributed by atoms with Gasteiger partial charge in [-0.2, -0.15) is 5.10 Å². The van der Waals surface area contributed by atoms with Crippen LogP contribution in [0.15, 0.2) is 73.2 Å². The number of halogens is 1. The van der Waals surface area contributed by atoms with Crippen LogP contribution in [0, 0.1) is 5.82 Å². The van der Waals surface area contributed by atoms with E-state index in [9.17, 15) is 9.18 Å². The predicted octanol–water partition coefficient (Wildman–Crippen LogP) is 4.69. The number of benzene rings is 2. The van der Waals surface area contributed by atoms with Crippen molar-refractivity contribution in [3.8, 4) is 11.3 Å². The summed E-state index contributed by atoms with van der Waals surface area (Å²) in [6.07, 6.45) is 9.52. The molecule has 0 aliphatic heterocycles. The van der Waals surface area contributed by atoms with Crippen LogP contribution in [-0.4, -0.2) is 25.2 Å². The lowest BCUT2D eigenvalue weighted by Crippen LogP contribution is -2.08. The zero-order chi connectivity index (χ0) is 22.5. The van der Waals surface area contributed by atoms with Crippen molar-refractivity contribution in [1.29, 1.82) is 0 Å². The highest BCUT2D eigenvalue weighted by atomic mass is 19.1. The minimum absolute atomic E-state index is 0.241. The van der Waals surface area contributed by atoms with Gasteiger partial charge in [0.25, 0.3) is 0 Å². The molecule has 0 bridgehead atoms. The molecule has 2 aromatic carbocycles. The van der Waals surface area contributed by atoms with Gasteiger partial charge < -0.3 is 9.88 Å². The Morgan fingerprint density at radius 1 is 1.12 bits per heavy atom. The summed E-state index contributed by atoms with van der Waals surface area (Å²) in [5.41, 5.74) is 4.26. The first kappa shape index (κ1) is 21.2. The van der Waals surface area contributed by atoms with Gasteiger partial charge in [0.1, 0.15) is 11.6 Å². The van der Waals surface area contributed by atoms with Crippen LogP contribution >= 0.6 is 0 Å². The quantitative estimate of drug-likeness (QED) is 0.434. The summed E-state index contributed by atoms with van der Waals surface area (Å²) in [7, 11) is 1.81. The lowest BCUT2D eigenvalue weighted by molar-refractivity contribution is -0.111. The number of aryl methyl sites for hydroxylation is 2. The molecule has 0 aliphatic carbocycles. The molecule has 0 fully saturated rings. The first-order chi connectivity index (χ1) is 15.5. The minimum atomic E-state index is -0.297. The minimum Gasteiger partial charge on any atom is -0.331 e. The second-order valence-electron chi connectivity index (χ2n) is 7.42. The van der Waals surface area contributed by atoms with Gasteiger partial charge in [0, 0.05) is 55.3 Å². The molecule has 32 heavy (non-hydrogen) atoms. The van der Waals surface area contributed by atoms with E-state index in [0.717, 1.165) is 46.9 Å². The summed E-state index contributed by atoms with van der Waals surface area (Å²) in [5, 5.41) is 7.14. The Hall–Kier alpha value is -4.00. The van der Waals surface area contributed by atoms with Crippen molar-refractivity contribution < 1.29 is 9.18 Å². The molecule has 0 saturated carbocycles. The molecule has 0 radical (unpaired) electrons. The Morgan fingerprint density at radius 3 is 2.59 bits per heavy atom. The van der Waals surface area contributed by atoms with Gasteiger partial charge in [0.05, 0.1) is 11.9 Å². The molecule has 1 N–H and O–H groups in total. The van der Waals surface area contributed by atoms with E-state index in [2.05, 4.69) is 26.9 Å². The van der Waals surface area contributed by atoms with Gasteiger partial charge in [-0.05, 0) is 48.0 Å². The average molecular weight is 429 g/mol. The fourth-order valence-corrected chi connectivity index (χ4v) is 3.58. The van der Waals surface area contributed by atoms with Crippen molar-refractivity contribution in [2.45, 2.75) is 19.9 Å². The third kappa shape index (κ3) is 4.83. The summed E-state index contributed by atoms with van der Waals surface area (Å²) < 4.78 is 17.1. The van der Waals surface area contributed by atoms with Crippen LogP contribution in [0.4, 0.5) is 10.1 Å². The molecule has 2 aromatic heterocycles. The molecular weight excluding hydrogens is 405 g/mol. The molecule has 0 aliphatic rings. The van der Waals surface area contributed by atoms with Crippen molar-refractivity contribution in [2.75, 3.05) is 5.32 Å². The third-order valence-electron chi connectivity index (χ3n) is 5.19. The Kier molecular flexibility index (Phi) is 6.26. The SMILES string of the molecule is CCc1nccn1Cc1ccc(NC(=O)/C=C/c2cnn(C)c2-c2ccc(F)cc2)cc1. The normalized spacial score (nSPS) is 11.2. The predicted molar refractivity (Wildman–Crippen MR) is 123 cm³/mol. The van der Waals surface area contributed by atoms with Crippen molar-refractivity contribution in [3.05, 3.63) is 96.0 Å². The van der Waals surface area contributed by atoms with E-state index in [1.807, 2.05) is 43.7 Å². The number of nitrogens with zero attached hydrogens (tertiary/aromatic N) is 4. The number of aromatic nitrogens is 4. The van der Waals surface area contributed by atoms with Gasteiger partial charge in [0.2, 0.25) is 5.91 Å². The number of hydrogen-bond acceptors (Lipinski definition) is 3. The molecule has 162 valence electrons. The maximum Gasteiger partial charge on any atom is 0.248 e. The van der Waals surface area contributed by atoms with E-state index in [-0.39, 0.29) is 11.7 Å². The highest BCUT2D eigenvalue weighted by molar-refractivity contribution is 6.02. The molecule has 0 atom stereocenters. The maximum absolute atomic E-state index is 13.3. The summed E-state index contributed by atoms with van der Waals surface area (Å²) in [4.78, 5) is 16.8. The van der Waals surface area contributed by atoms with Crippen LogP contribution in [0.3, 0.4) is 0 Å². The van der Waals surface area contributed by atoms with Crippen LogP contribution in [0.5, 0.6) is 0 Å². The number of hydrogen-bond donors (Lipinski definition) is 1.